The van der Waals surface area contributed by atoms with Crippen molar-refractivity contribution in [2.24, 2.45) is 5.73 Å². The van der Waals surface area contributed by atoms with Crippen molar-refractivity contribution < 1.29 is 13.2 Å². The van der Waals surface area contributed by atoms with E-state index in [0.717, 1.165) is 45.1 Å². The molecule has 0 saturated carbocycles. The van der Waals surface area contributed by atoms with E-state index in [1.165, 1.54) is 6.07 Å². The number of alkyl halides is 3. The van der Waals surface area contributed by atoms with Crippen molar-refractivity contribution in [1.82, 2.24) is 4.98 Å². The molecule has 0 aliphatic rings. The summed E-state index contributed by atoms with van der Waals surface area (Å²) in [5, 5.41) is 1.74. The third-order valence-corrected chi connectivity index (χ3v) is 5.93. The van der Waals surface area contributed by atoms with Crippen LogP contribution in [-0.4, -0.2) is 11.5 Å². The number of aromatic amines is 1. The number of aromatic nitrogens is 1. The number of nitrogens with two attached hydrogens (primary N) is 1. The third kappa shape index (κ3) is 3.35. The Hall–Kier alpha value is -2.31. The Labute approximate surface area is 158 Å². The highest BCUT2D eigenvalue weighted by Crippen LogP contribution is 2.41. The zero-order valence-corrected chi connectivity index (χ0v) is 15.4. The van der Waals surface area contributed by atoms with Gasteiger partial charge >= 0.3 is 6.18 Å². The Balaban J connectivity index is 1.93. The normalized spacial score (nSPS) is 12.3. The lowest BCUT2D eigenvalue weighted by Gasteiger charge is -2.07. The first kappa shape index (κ1) is 18.1. The zero-order valence-electron chi connectivity index (χ0n) is 14.6. The van der Waals surface area contributed by atoms with E-state index in [4.69, 9.17) is 5.73 Å². The maximum absolute atomic E-state index is 13.5. The van der Waals surface area contributed by atoms with Crippen molar-refractivity contribution >= 4 is 32.3 Å². The lowest BCUT2D eigenvalue weighted by molar-refractivity contribution is -0.136. The fourth-order valence-corrected chi connectivity index (χ4v) is 4.62. The van der Waals surface area contributed by atoms with Gasteiger partial charge in [-0.15, -0.1) is 11.3 Å². The number of hydrogen-bond acceptors (Lipinski definition) is 2. The number of thiophene rings is 1. The van der Waals surface area contributed by atoms with Crippen LogP contribution >= 0.6 is 11.3 Å². The summed E-state index contributed by atoms with van der Waals surface area (Å²) in [4.78, 5) is 4.06. The van der Waals surface area contributed by atoms with E-state index in [1.807, 2.05) is 30.3 Å². The van der Waals surface area contributed by atoms with Gasteiger partial charge in [-0.25, -0.2) is 0 Å². The Morgan fingerprint density at radius 1 is 1.00 bits per heavy atom. The van der Waals surface area contributed by atoms with E-state index in [0.29, 0.717) is 18.4 Å². The van der Waals surface area contributed by atoms with Gasteiger partial charge in [0, 0.05) is 10.1 Å². The lowest BCUT2D eigenvalue weighted by atomic mass is 10.0. The number of aryl methyl sites for hydroxylation is 1. The lowest BCUT2D eigenvalue weighted by Crippen LogP contribution is -2.05. The van der Waals surface area contributed by atoms with Gasteiger partial charge in [0.1, 0.15) is 0 Å². The van der Waals surface area contributed by atoms with Gasteiger partial charge < -0.3 is 10.7 Å². The van der Waals surface area contributed by atoms with Crippen molar-refractivity contribution in [1.29, 1.82) is 0 Å². The molecule has 140 valence electrons. The van der Waals surface area contributed by atoms with Gasteiger partial charge in [0.25, 0.3) is 0 Å². The second-order valence-corrected chi connectivity index (χ2v) is 7.68. The summed E-state index contributed by atoms with van der Waals surface area (Å²) in [5.41, 5.74) is 6.89. The van der Waals surface area contributed by atoms with Gasteiger partial charge in [-0.3, -0.25) is 0 Å². The Bertz CT molecular complexity index is 1060. The minimum Gasteiger partial charge on any atom is -0.353 e. The van der Waals surface area contributed by atoms with Crippen LogP contribution in [0, 0.1) is 0 Å². The largest absolute Gasteiger partial charge is 0.418 e. The number of para-hydroxylation sites is 1. The zero-order chi connectivity index (χ0) is 19.0. The standard InChI is InChI=1S/C21H19F3N2S/c22-21(23,24)16-9-5-8-14-15(7-3-4-11-25)20(26-19(14)16)18-12-13-6-1-2-10-17(13)27-18/h1-2,5-6,8-10,12,26H,3-4,7,11,25H2. The minimum absolute atomic E-state index is 0.167. The van der Waals surface area contributed by atoms with Gasteiger partial charge in [-0.1, -0.05) is 30.3 Å². The summed E-state index contributed by atoms with van der Waals surface area (Å²) in [6.45, 7) is 0.578. The molecule has 2 aromatic heterocycles. The molecule has 3 N–H and O–H groups in total. The summed E-state index contributed by atoms with van der Waals surface area (Å²) in [7, 11) is 0. The SMILES string of the molecule is NCCCCc1c(-c2cc3ccccc3s2)[nH]c2c(C(F)(F)F)cccc12. The van der Waals surface area contributed by atoms with Gasteiger partial charge in [0.15, 0.2) is 0 Å². The van der Waals surface area contributed by atoms with Gasteiger partial charge in [0.2, 0.25) is 0 Å². The van der Waals surface area contributed by atoms with Gasteiger partial charge in [-0.05, 0) is 55.0 Å². The van der Waals surface area contributed by atoms with Crippen molar-refractivity contribution in [3.05, 3.63) is 59.7 Å². The maximum atomic E-state index is 13.5. The molecule has 27 heavy (non-hydrogen) atoms. The first-order valence-corrected chi connectivity index (χ1v) is 9.70. The van der Waals surface area contributed by atoms with Gasteiger partial charge in [-0.2, -0.15) is 13.2 Å². The highest BCUT2D eigenvalue weighted by molar-refractivity contribution is 7.22. The number of unbranched alkanes of at least 4 members (excludes halogenated alkanes) is 1. The fraction of sp³-hybridized carbons (Fsp3) is 0.238. The molecule has 0 fully saturated rings. The maximum Gasteiger partial charge on any atom is 0.418 e. The van der Waals surface area contributed by atoms with Crippen molar-refractivity contribution in [2.45, 2.75) is 25.4 Å². The third-order valence-electron chi connectivity index (χ3n) is 4.80. The summed E-state index contributed by atoms with van der Waals surface area (Å²) in [5.74, 6) is 0. The average Bonchev–Trinajstić information content (AvgIpc) is 3.22. The Morgan fingerprint density at radius 2 is 1.81 bits per heavy atom. The Morgan fingerprint density at radius 3 is 2.56 bits per heavy atom. The summed E-state index contributed by atoms with van der Waals surface area (Å²) in [6, 6.07) is 14.4. The number of nitrogens with one attached hydrogen (secondary N) is 1. The molecule has 0 bridgehead atoms. The number of fused-ring (bicyclic) bond motifs is 2. The van der Waals surface area contributed by atoms with Crippen molar-refractivity contribution in [3.63, 3.8) is 0 Å². The van der Waals surface area contributed by atoms with Crippen LogP contribution in [0.4, 0.5) is 13.2 Å². The summed E-state index contributed by atoms with van der Waals surface area (Å²) >= 11 is 1.60. The molecule has 0 aliphatic carbocycles. The minimum atomic E-state index is -4.39. The van der Waals surface area contributed by atoms with E-state index in [9.17, 15) is 13.2 Å². The van der Waals surface area contributed by atoms with Crippen LogP contribution in [-0.2, 0) is 12.6 Å². The van der Waals surface area contributed by atoms with Crippen LogP contribution in [0.2, 0.25) is 0 Å². The quantitative estimate of drug-likeness (QED) is 0.384. The van der Waals surface area contributed by atoms with E-state index < -0.39 is 11.7 Å². The molecular formula is C21H19F3N2S. The second-order valence-electron chi connectivity index (χ2n) is 6.60. The Kier molecular flexibility index (Phi) is 4.70. The molecular weight excluding hydrogens is 369 g/mol. The van der Waals surface area contributed by atoms with Crippen LogP contribution in [0.25, 0.3) is 31.6 Å². The smallest absolute Gasteiger partial charge is 0.353 e. The number of H-pyrrole nitrogens is 1. The molecule has 4 aromatic rings. The molecule has 4 rings (SSSR count). The number of rotatable bonds is 5. The highest BCUT2D eigenvalue weighted by Gasteiger charge is 2.34. The van der Waals surface area contributed by atoms with Crippen LogP contribution in [0.15, 0.2) is 48.5 Å². The first-order valence-electron chi connectivity index (χ1n) is 8.89. The van der Waals surface area contributed by atoms with E-state index in [2.05, 4.69) is 4.98 Å². The second kappa shape index (κ2) is 7.02. The van der Waals surface area contributed by atoms with E-state index >= 15 is 0 Å². The van der Waals surface area contributed by atoms with E-state index in [-0.39, 0.29) is 5.52 Å². The summed E-state index contributed by atoms with van der Waals surface area (Å²) in [6.07, 6.45) is -2.01. The van der Waals surface area contributed by atoms with Crippen molar-refractivity contribution in [3.8, 4) is 10.6 Å². The van der Waals surface area contributed by atoms with Crippen LogP contribution < -0.4 is 5.73 Å². The molecule has 0 saturated heterocycles. The van der Waals surface area contributed by atoms with Crippen molar-refractivity contribution in [2.75, 3.05) is 6.54 Å². The van der Waals surface area contributed by atoms with Crippen LogP contribution in [0.5, 0.6) is 0 Å². The first-order chi connectivity index (χ1) is 13.0. The molecule has 2 nitrogen and oxygen atoms in total. The molecule has 2 aromatic carbocycles. The topological polar surface area (TPSA) is 41.8 Å². The molecule has 0 aliphatic heterocycles. The number of benzene rings is 2. The predicted octanol–water partition coefficient (Wildman–Crippen LogP) is 6.35. The van der Waals surface area contributed by atoms with E-state index in [1.54, 1.807) is 17.4 Å². The monoisotopic (exact) mass is 388 g/mol. The molecule has 2 heterocycles. The molecule has 6 heteroatoms. The average molecular weight is 388 g/mol. The molecule has 0 amide bonds. The summed E-state index contributed by atoms with van der Waals surface area (Å²) < 4.78 is 41.6. The molecule has 0 unspecified atom stereocenters. The fourth-order valence-electron chi connectivity index (χ4n) is 3.53. The van der Waals surface area contributed by atoms with Gasteiger partial charge in [0.05, 0.1) is 21.7 Å². The van der Waals surface area contributed by atoms with Crippen LogP contribution in [0.3, 0.4) is 0 Å². The number of hydrogen-bond donors (Lipinski definition) is 2. The highest BCUT2D eigenvalue weighted by atomic mass is 32.1. The molecule has 0 spiro atoms. The predicted molar refractivity (Wildman–Crippen MR) is 106 cm³/mol. The molecule has 0 radical (unpaired) electrons. The molecule has 0 atom stereocenters. The number of halogens is 3. The van der Waals surface area contributed by atoms with Crippen LogP contribution in [0.1, 0.15) is 24.0 Å².